The van der Waals surface area contributed by atoms with Gasteiger partial charge in [-0.15, -0.1) is 11.3 Å². The number of amides is 1. The fourth-order valence-electron chi connectivity index (χ4n) is 3.25. The van der Waals surface area contributed by atoms with Gasteiger partial charge in [-0.2, -0.15) is 0 Å². The lowest BCUT2D eigenvalue weighted by Gasteiger charge is -2.21. The molecule has 1 N–H and O–H groups in total. The van der Waals surface area contributed by atoms with E-state index >= 15 is 0 Å². The summed E-state index contributed by atoms with van der Waals surface area (Å²) in [4.78, 5) is 42.7. The predicted molar refractivity (Wildman–Crippen MR) is 150 cm³/mol. The number of benzene rings is 2. The third kappa shape index (κ3) is 9.45. The molecule has 0 aliphatic carbocycles. The Kier molecular flexibility index (Phi) is 12.1. The number of nitrogens with zero attached hydrogens (tertiary/aromatic N) is 2. The number of aromatic nitrogens is 1. The molecule has 10 nitrogen and oxygen atoms in total. The first-order valence-corrected chi connectivity index (χ1v) is 13.4. The van der Waals surface area contributed by atoms with Gasteiger partial charge in [0.1, 0.15) is 25.5 Å². The third-order valence-electron chi connectivity index (χ3n) is 5.45. The summed E-state index contributed by atoms with van der Waals surface area (Å²) >= 11 is 7.34. The molecule has 40 heavy (non-hydrogen) atoms. The van der Waals surface area contributed by atoms with Gasteiger partial charge in [-0.3, -0.25) is 4.79 Å². The molecule has 1 atom stereocenters. The van der Waals surface area contributed by atoms with Crippen molar-refractivity contribution >= 4 is 51.7 Å². The Hall–Kier alpha value is -3.77. The number of methoxy groups -OCH3 is 1. The normalized spacial score (nSPS) is 12.3. The number of carbonyl (C=O) groups is 3. The zero-order valence-electron chi connectivity index (χ0n) is 21.9. The number of allylic oxidation sites excluding steroid dienone is 1. The molecule has 0 fully saturated rings. The van der Waals surface area contributed by atoms with Crippen LogP contribution in [0.4, 0.5) is 9.93 Å². The molecule has 1 heterocycles. The first-order valence-electron chi connectivity index (χ1n) is 12.2. The highest BCUT2D eigenvalue weighted by atomic mass is 35.5. The maximum Gasteiger partial charge on any atom is 0.418 e. The van der Waals surface area contributed by atoms with Crippen LogP contribution in [0.2, 0.25) is 0 Å². The van der Waals surface area contributed by atoms with Crippen LogP contribution in [0, 0.1) is 0 Å². The minimum Gasteiger partial charge on any atom is -0.478 e. The number of halogens is 1. The molecule has 0 radical (unpaired) electrons. The summed E-state index contributed by atoms with van der Waals surface area (Å²) in [5.74, 6) is -1.86. The van der Waals surface area contributed by atoms with Crippen molar-refractivity contribution in [3.8, 4) is 0 Å². The fourth-order valence-corrected chi connectivity index (χ4v) is 4.31. The highest BCUT2D eigenvalue weighted by molar-refractivity contribution is 7.14. The first kappa shape index (κ1) is 30.8. The molecular formula is C28H29ClN2O8S. The largest absolute Gasteiger partial charge is 0.478 e. The lowest BCUT2D eigenvalue weighted by Crippen LogP contribution is -2.35. The van der Waals surface area contributed by atoms with E-state index < -0.39 is 24.3 Å². The Balaban J connectivity index is 1.71. The maximum atomic E-state index is 13.0. The fraction of sp³-hybridized carbons (Fsp3) is 0.286. The maximum absolute atomic E-state index is 13.0. The number of ether oxygens (including phenoxy) is 4. The molecule has 212 valence electrons. The minimum atomic E-state index is -1.33. The Labute approximate surface area is 240 Å². The Morgan fingerprint density at radius 1 is 0.975 bits per heavy atom. The van der Waals surface area contributed by atoms with Gasteiger partial charge in [-0.25, -0.2) is 19.5 Å². The zero-order chi connectivity index (χ0) is 28.9. The lowest BCUT2D eigenvalue weighted by atomic mass is 10.1. The standard InChI is InChI=1S/C28H29ClN2O8S/c1-19(36-2)39-18-31(28(35)38-16-21-11-7-4-8-12-21)27-30-23(17-40-27)25(26(33)34)22(29)13-14-24(32)37-15-20-9-5-3-6-10-20/h3-12,17,19H,13-16,18H2,1-2H3,(H,33,34)/b25-22-. The van der Waals surface area contributed by atoms with Gasteiger partial charge < -0.3 is 24.1 Å². The van der Waals surface area contributed by atoms with Crippen molar-refractivity contribution in [3.63, 3.8) is 0 Å². The van der Waals surface area contributed by atoms with E-state index in [4.69, 9.17) is 30.5 Å². The average molecular weight is 589 g/mol. The van der Waals surface area contributed by atoms with Crippen LogP contribution in [-0.4, -0.2) is 48.3 Å². The van der Waals surface area contributed by atoms with E-state index in [1.54, 1.807) is 6.92 Å². The van der Waals surface area contributed by atoms with Crippen molar-refractivity contribution in [2.45, 2.75) is 39.3 Å². The minimum absolute atomic E-state index is 0.0146. The van der Waals surface area contributed by atoms with Crippen molar-refractivity contribution in [1.29, 1.82) is 0 Å². The smallest absolute Gasteiger partial charge is 0.418 e. The highest BCUT2D eigenvalue weighted by Crippen LogP contribution is 2.30. The molecule has 3 rings (SSSR count). The molecule has 0 saturated heterocycles. The van der Waals surface area contributed by atoms with Gasteiger partial charge in [0.25, 0.3) is 0 Å². The van der Waals surface area contributed by atoms with E-state index in [0.717, 1.165) is 27.4 Å². The molecule has 0 spiro atoms. The number of thiazole rings is 1. The molecule has 1 aromatic heterocycles. The number of carboxylic acid groups (broad SMARTS) is 1. The Morgan fingerprint density at radius 3 is 2.15 bits per heavy atom. The summed E-state index contributed by atoms with van der Waals surface area (Å²) in [6.07, 6.45) is -1.57. The van der Waals surface area contributed by atoms with E-state index in [1.807, 2.05) is 60.7 Å². The predicted octanol–water partition coefficient (Wildman–Crippen LogP) is 5.81. The zero-order valence-corrected chi connectivity index (χ0v) is 23.5. The number of carbonyl (C=O) groups excluding carboxylic acids is 2. The van der Waals surface area contributed by atoms with E-state index in [1.165, 1.54) is 12.5 Å². The third-order valence-corrected chi connectivity index (χ3v) is 6.69. The molecule has 12 heteroatoms. The van der Waals surface area contributed by atoms with E-state index in [2.05, 4.69) is 4.98 Å². The van der Waals surface area contributed by atoms with Crippen LogP contribution in [0.1, 0.15) is 36.6 Å². The van der Waals surface area contributed by atoms with Crippen molar-refractivity contribution in [2.24, 2.45) is 0 Å². The second-order valence-corrected chi connectivity index (χ2v) is 9.61. The van der Waals surface area contributed by atoms with Gasteiger partial charge in [0.15, 0.2) is 11.4 Å². The number of aliphatic carboxylic acids is 1. The second-order valence-electron chi connectivity index (χ2n) is 8.31. The number of carboxylic acids is 1. The molecular weight excluding hydrogens is 560 g/mol. The summed E-state index contributed by atoms with van der Waals surface area (Å²) in [5.41, 5.74) is 1.35. The summed E-state index contributed by atoms with van der Waals surface area (Å²) in [7, 11) is 1.45. The van der Waals surface area contributed by atoms with E-state index in [9.17, 15) is 19.5 Å². The number of rotatable bonds is 14. The summed E-state index contributed by atoms with van der Waals surface area (Å²) < 4.78 is 21.3. The topological polar surface area (TPSA) is 124 Å². The van der Waals surface area contributed by atoms with Gasteiger partial charge in [0, 0.05) is 17.5 Å². The Morgan fingerprint density at radius 2 is 1.57 bits per heavy atom. The summed E-state index contributed by atoms with van der Waals surface area (Å²) in [6.45, 7) is 1.50. The van der Waals surface area contributed by atoms with Crippen molar-refractivity contribution in [2.75, 3.05) is 18.7 Å². The van der Waals surface area contributed by atoms with Crippen LogP contribution >= 0.6 is 22.9 Å². The van der Waals surface area contributed by atoms with Crippen LogP contribution in [0.15, 0.2) is 71.1 Å². The van der Waals surface area contributed by atoms with Gasteiger partial charge in [-0.05, 0) is 24.5 Å². The summed E-state index contributed by atoms with van der Waals surface area (Å²) in [6, 6.07) is 18.3. The Bertz CT molecular complexity index is 1300. The quantitative estimate of drug-likeness (QED) is 0.141. The van der Waals surface area contributed by atoms with Crippen LogP contribution in [0.25, 0.3) is 5.57 Å². The van der Waals surface area contributed by atoms with Crippen LogP contribution in [0.5, 0.6) is 0 Å². The molecule has 0 bridgehead atoms. The number of hydrogen-bond donors (Lipinski definition) is 1. The molecule has 0 saturated carbocycles. The van der Waals surface area contributed by atoms with Gasteiger partial charge in [0.2, 0.25) is 0 Å². The number of esters is 1. The number of anilines is 1. The van der Waals surface area contributed by atoms with Crippen LogP contribution in [0.3, 0.4) is 0 Å². The van der Waals surface area contributed by atoms with Crippen LogP contribution in [-0.2, 0) is 41.8 Å². The molecule has 1 amide bonds. The molecule has 1 unspecified atom stereocenters. The van der Waals surface area contributed by atoms with Crippen molar-refractivity contribution < 1.29 is 38.4 Å². The first-order chi connectivity index (χ1) is 19.3. The average Bonchev–Trinajstić information content (AvgIpc) is 3.43. The van der Waals surface area contributed by atoms with Gasteiger partial charge >= 0.3 is 18.0 Å². The van der Waals surface area contributed by atoms with Gasteiger partial charge in [-0.1, -0.05) is 72.3 Å². The molecule has 2 aromatic carbocycles. The van der Waals surface area contributed by atoms with Gasteiger partial charge in [0.05, 0.1) is 12.1 Å². The lowest BCUT2D eigenvalue weighted by molar-refractivity contribution is -0.145. The molecule has 0 aliphatic heterocycles. The molecule has 0 aliphatic rings. The SMILES string of the molecule is COC(C)OCN(C(=O)OCc1ccccc1)c1nc(/C(C(=O)O)=C(/Cl)CCC(=O)OCc2ccccc2)cs1. The summed E-state index contributed by atoms with van der Waals surface area (Å²) in [5, 5.41) is 11.3. The monoisotopic (exact) mass is 588 g/mol. The van der Waals surface area contributed by atoms with E-state index in [-0.39, 0.29) is 54.2 Å². The second kappa shape index (κ2) is 15.7. The number of hydrogen-bond acceptors (Lipinski definition) is 9. The van der Waals surface area contributed by atoms with Crippen molar-refractivity contribution in [3.05, 3.63) is 87.9 Å². The van der Waals surface area contributed by atoms with E-state index in [0.29, 0.717) is 0 Å². The molecule has 3 aromatic rings. The highest BCUT2D eigenvalue weighted by Gasteiger charge is 2.25. The van der Waals surface area contributed by atoms with Crippen molar-refractivity contribution in [1.82, 2.24) is 4.98 Å². The van der Waals surface area contributed by atoms with Crippen LogP contribution < -0.4 is 4.90 Å².